The summed E-state index contributed by atoms with van der Waals surface area (Å²) in [6, 6.07) is 4.05. The van der Waals surface area contributed by atoms with Crippen LogP contribution in [0.5, 0.6) is 11.5 Å². The van der Waals surface area contributed by atoms with Crippen LogP contribution in [0, 0.1) is 5.41 Å². The summed E-state index contributed by atoms with van der Waals surface area (Å²) >= 11 is 0. The van der Waals surface area contributed by atoms with E-state index in [1.807, 2.05) is 6.07 Å². The number of aryl methyl sites for hydroxylation is 1. The van der Waals surface area contributed by atoms with Crippen LogP contribution in [0.3, 0.4) is 0 Å². The highest BCUT2D eigenvalue weighted by molar-refractivity contribution is 5.53. The highest BCUT2D eigenvalue weighted by Gasteiger charge is 2.39. The van der Waals surface area contributed by atoms with Gasteiger partial charge in [-0.25, -0.2) is 0 Å². The molecule has 1 unspecified atom stereocenters. The molecule has 25 heavy (non-hydrogen) atoms. The second-order valence-electron chi connectivity index (χ2n) is 7.88. The SMILES string of the molecule is C=C(C)[C@]1(C)CCC(C)=CC1c1c(O)cc(CCCCC)cc1OC. The van der Waals surface area contributed by atoms with Gasteiger partial charge in [0.05, 0.1) is 7.11 Å². The molecule has 0 radical (unpaired) electrons. The predicted octanol–water partition coefficient (Wildman–Crippen LogP) is 6.54. The second-order valence-corrected chi connectivity index (χ2v) is 7.88. The minimum atomic E-state index is -0.0615. The lowest BCUT2D eigenvalue weighted by Gasteiger charge is -2.41. The fourth-order valence-corrected chi connectivity index (χ4v) is 3.92. The molecule has 2 heteroatoms. The Morgan fingerprint density at radius 1 is 1.36 bits per heavy atom. The largest absolute Gasteiger partial charge is 0.507 e. The summed E-state index contributed by atoms with van der Waals surface area (Å²) in [6.07, 6.45) is 8.97. The first kappa shape index (κ1) is 19.6. The Morgan fingerprint density at radius 2 is 2.08 bits per heavy atom. The van der Waals surface area contributed by atoms with E-state index in [0.29, 0.717) is 5.75 Å². The Balaban J connectivity index is 2.49. The second kappa shape index (κ2) is 8.12. The molecule has 1 aliphatic carbocycles. The molecular formula is C23H34O2. The van der Waals surface area contributed by atoms with Gasteiger partial charge in [-0.2, -0.15) is 0 Å². The van der Waals surface area contributed by atoms with E-state index in [1.54, 1.807) is 7.11 Å². The molecule has 1 aromatic rings. The molecule has 0 aliphatic heterocycles. The summed E-state index contributed by atoms with van der Waals surface area (Å²) in [6.45, 7) is 13.0. The van der Waals surface area contributed by atoms with Crippen LogP contribution < -0.4 is 4.74 Å². The van der Waals surface area contributed by atoms with E-state index in [1.165, 1.54) is 18.4 Å². The fourth-order valence-electron chi connectivity index (χ4n) is 3.92. The molecule has 1 N–H and O–H groups in total. The molecule has 0 aromatic heterocycles. The van der Waals surface area contributed by atoms with Crippen LogP contribution in [0.2, 0.25) is 0 Å². The maximum absolute atomic E-state index is 10.9. The normalized spacial score (nSPS) is 23.2. The number of unbranched alkanes of at least 4 members (excludes halogenated alkanes) is 2. The van der Waals surface area contributed by atoms with Crippen molar-refractivity contribution in [3.05, 3.63) is 47.1 Å². The molecule has 0 spiro atoms. The summed E-state index contributed by atoms with van der Waals surface area (Å²) < 4.78 is 5.72. The predicted molar refractivity (Wildman–Crippen MR) is 107 cm³/mol. The molecule has 2 rings (SSSR count). The quantitative estimate of drug-likeness (QED) is 0.450. The van der Waals surface area contributed by atoms with E-state index >= 15 is 0 Å². The number of rotatable bonds is 7. The average Bonchev–Trinajstić information content (AvgIpc) is 2.57. The Labute approximate surface area is 153 Å². The van der Waals surface area contributed by atoms with Gasteiger partial charge in [-0.3, -0.25) is 0 Å². The Kier molecular flexibility index (Phi) is 6.37. The van der Waals surface area contributed by atoms with Crippen molar-refractivity contribution in [2.75, 3.05) is 7.11 Å². The molecule has 1 aliphatic rings. The van der Waals surface area contributed by atoms with Gasteiger partial charge in [0.1, 0.15) is 11.5 Å². The number of phenolic OH excluding ortho intramolecular Hbond substituents is 1. The molecule has 2 atom stereocenters. The van der Waals surface area contributed by atoms with Crippen molar-refractivity contribution in [3.8, 4) is 11.5 Å². The first-order chi connectivity index (χ1) is 11.8. The summed E-state index contributed by atoms with van der Waals surface area (Å²) in [4.78, 5) is 0. The summed E-state index contributed by atoms with van der Waals surface area (Å²) in [5.74, 6) is 1.25. The van der Waals surface area contributed by atoms with Crippen LogP contribution in [-0.4, -0.2) is 12.2 Å². The molecule has 0 saturated heterocycles. The molecule has 1 aromatic carbocycles. The third kappa shape index (κ3) is 4.11. The molecule has 0 heterocycles. The Morgan fingerprint density at radius 3 is 2.68 bits per heavy atom. The number of methoxy groups -OCH3 is 1. The summed E-state index contributed by atoms with van der Waals surface area (Å²) in [5, 5.41) is 10.9. The topological polar surface area (TPSA) is 29.5 Å². The molecule has 0 saturated carbocycles. The van der Waals surface area contributed by atoms with Gasteiger partial charge in [-0.15, -0.1) is 0 Å². The number of hydrogen-bond donors (Lipinski definition) is 1. The van der Waals surface area contributed by atoms with Crippen molar-refractivity contribution < 1.29 is 9.84 Å². The van der Waals surface area contributed by atoms with Crippen LogP contribution in [-0.2, 0) is 6.42 Å². The van der Waals surface area contributed by atoms with Crippen LogP contribution in [0.4, 0.5) is 0 Å². The number of phenols is 1. The maximum atomic E-state index is 10.9. The molecule has 0 bridgehead atoms. The first-order valence-electron chi connectivity index (χ1n) is 9.56. The number of hydrogen-bond acceptors (Lipinski definition) is 2. The molecular weight excluding hydrogens is 308 g/mol. The third-order valence-electron chi connectivity index (χ3n) is 5.93. The number of aromatic hydroxyl groups is 1. The summed E-state index contributed by atoms with van der Waals surface area (Å²) in [5.41, 5.74) is 4.53. The van der Waals surface area contributed by atoms with Crippen LogP contribution >= 0.6 is 0 Å². The maximum Gasteiger partial charge on any atom is 0.126 e. The average molecular weight is 343 g/mol. The van der Waals surface area contributed by atoms with Gasteiger partial charge in [0.2, 0.25) is 0 Å². The zero-order valence-corrected chi connectivity index (χ0v) is 16.6. The van der Waals surface area contributed by atoms with Crippen molar-refractivity contribution >= 4 is 0 Å². The fraction of sp³-hybridized carbons (Fsp3) is 0.565. The van der Waals surface area contributed by atoms with Gasteiger partial charge in [-0.1, -0.05) is 50.5 Å². The lowest BCUT2D eigenvalue weighted by molar-refractivity contribution is 0.294. The van der Waals surface area contributed by atoms with E-state index in [0.717, 1.165) is 48.1 Å². The van der Waals surface area contributed by atoms with E-state index < -0.39 is 0 Å². The zero-order chi connectivity index (χ0) is 18.6. The standard InChI is InChI=1S/C23H34O2/c1-7-8-9-10-18-14-20(24)22(21(15-18)25-6)19-13-17(4)11-12-23(19,5)16(2)3/h13-15,19,24H,2,7-12H2,1,3-6H3/t19?,23-/m0/s1. The highest BCUT2D eigenvalue weighted by atomic mass is 16.5. The zero-order valence-electron chi connectivity index (χ0n) is 16.6. The molecule has 0 fully saturated rings. The smallest absolute Gasteiger partial charge is 0.126 e. The number of allylic oxidation sites excluding steroid dienone is 3. The summed E-state index contributed by atoms with van der Waals surface area (Å²) in [7, 11) is 1.70. The first-order valence-corrected chi connectivity index (χ1v) is 9.56. The van der Waals surface area contributed by atoms with Gasteiger partial charge < -0.3 is 9.84 Å². The molecule has 0 amide bonds. The Hall–Kier alpha value is -1.70. The lowest BCUT2D eigenvalue weighted by atomic mass is 9.63. The van der Waals surface area contributed by atoms with Gasteiger partial charge in [0.25, 0.3) is 0 Å². The Bertz CT molecular complexity index is 656. The minimum Gasteiger partial charge on any atom is -0.507 e. The van der Waals surface area contributed by atoms with Gasteiger partial charge in [0, 0.05) is 11.5 Å². The van der Waals surface area contributed by atoms with E-state index in [9.17, 15) is 5.11 Å². The van der Waals surface area contributed by atoms with E-state index in [2.05, 4.69) is 46.4 Å². The van der Waals surface area contributed by atoms with Crippen molar-refractivity contribution in [1.82, 2.24) is 0 Å². The van der Waals surface area contributed by atoms with Crippen molar-refractivity contribution in [1.29, 1.82) is 0 Å². The van der Waals surface area contributed by atoms with Gasteiger partial charge in [0.15, 0.2) is 0 Å². The van der Waals surface area contributed by atoms with Crippen LogP contribution in [0.25, 0.3) is 0 Å². The van der Waals surface area contributed by atoms with Crippen molar-refractivity contribution in [2.24, 2.45) is 5.41 Å². The number of benzene rings is 1. The van der Waals surface area contributed by atoms with Gasteiger partial charge >= 0.3 is 0 Å². The van der Waals surface area contributed by atoms with Crippen LogP contribution in [0.1, 0.15) is 76.8 Å². The molecule has 138 valence electrons. The third-order valence-corrected chi connectivity index (χ3v) is 5.93. The van der Waals surface area contributed by atoms with Gasteiger partial charge in [-0.05, 0) is 62.6 Å². The monoisotopic (exact) mass is 342 g/mol. The van der Waals surface area contributed by atoms with Crippen LogP contribution in [0.15, 0.2) is 35.9 Å². The molecule has 2 nitrogen and oxygen atoms in total. The van der Waals surface area contributed by atoms with Crippen molar-refractivity contribution in [3.63, 3.8) is 0 Å². The van der Waals surface area contributed by atoms with Crippen molar-refractivity contribution in [2.45, 2.75) is 72.1 Å². The number of ether oxygens (including phenoxy) is 1. The highest BCUT2D eigenvalue weighted by Crippen LogP contribution is 2.54. The minimum absolute atomic E-state index is 0.0615. The van der Waals surface area contributed by atoms with E-state index in [-0.39, 0.29) is 11.3 Å². The lowest BCUT2D eigenvalue weighted by Crippen LogP contribution is -2.29. The van der Waals surface area contributed by atoms with E-state index in [4.69, 9.17) is 4.74 Å².